The Morgan fingerprint density at radius 1 is 1.19 bits per heavy atom. The largest absolute Gasteiger partial charge is 0.478 e. The summed E-state index contributed by atoms with van der Waals surface area (Å²) >= 11 is 0. The summed E-state index contributed by atoms with van der Waals surface area (Å²) in [5.74, 6) is -1.27. The number of carboxylic acids is 1. The third-order valence-corrected chi connectivity index (χ3v) is 4.97. The number of pyridine rings is 1. The molecule has 136 valence electrons. The number of carboxylic acid groups (broad SMARTS) is 1. The molecule has 4 nitrogen and oxygen atoms in total. The summed E-state index contributed by atoms with van der Waals surface area (Å²) in [6, 6.07) is 13.8. The van der Waals surface area contributed by atoms with Crippen LogP contribution in [0.4, 0.5) is 4.39 Å². The average molecular weight is 362 g/mol. The summed E-state index contributed by atoms with van der Waals surface area (Å²) in [6.45, 7) is 3.91. The monoisotopic (exact) mass is 362 g/mol. The average Bonchev–Trinajstić information content (AvgIpc) is 2.67. The second-order valence-corrected chi connectivity index (χ2v) is 6.63. The lowest BCUT2D eigenvalue weighted by Gasteiger charge is -2.30. The first-order chi connectivity index (χ1) is 13.1. The van der Waals surface area contributed by atoms with Crippen LogP contribution in [-0.4, -0.2) is 34.0 Å². The minimum atomic E-state index is -0.965. The topological polar surface area (TPSA) is 53.4 Å². The minimum absolute atomic E-state index is 0.285. The standard InChI is InChI=1S/C22H19FN2O2/c1-2-25-12-15(11-14-7-3-5-9-18(14)23)21-17(13-25)20(22(26)27)16-8-4-6-10-19(16)24-21/h3-11H,2,12-13H2,1H3,(H,26,27). The van der Waals surface area contributed by atoms with E-state index in [0.717, 1.165) is 12.1 Å². The van der Waals surface area contributed by atoms with Crippen molar-refractivity contribution in [3.05, 3.63) is 76.7 Å². The molecule has 1 aromatic heterocycles. The van der Waals surface area contributed by atoms with Gasteiger partial charge < -0.3 is 5.11 Å². The molecule has 1 N–H and O–H groups in total. The van der Waals surface area contributed by atoms with Crippen molar-refractivity contribution in [1.29, 1.82) is 0 Å². The highest BCUT2D eigenvalue weighted by Crippen LogP contribution is 2.34. The fourth-order valence-corrected chi connectivity index (χ4v) is 3.63. The molecule has 0 saturated heterocycles. The number of fused-ring (bicyclic) bond motifs is 2. The summed E-state index contributed by atoms with van der Waals surface area (Å²) in [5.41, 5.74) is 3.57. The normalized spacial score (nSPS) is 15.9. The van der Waals surface area contributed by atoms with Crippen LogP contribution < -0.4 is 0 Å². The van der Waals surface area contributed by atoms with Crippen LogP contribution >= 0.6 is 0 Å². The third kappa shape index (κ3) is 3.11. The number of hydrogen-bond acceptors (Lipinski definition) is 3. The number of carbonyl (C=O) groups is 1. The quantitative estimate of drug-likeness (QED) is 0.748. The van der Waals surface area contributed by atoms with Gasteiger partial charge in [-0.05, 0) is 30.3 Å². The molecule has 0 saturated carbocycles. The Labute approximate surface area is 156 Å². The van der Waals surface area contributed by atoms with Gasteiger partial charge in [0, 0.05) is 29.6 Å². The number of benzene rings is 2. The molecule has 2 heterocycles. The molecule has 1 aliphatic rings. The maximum Gasteiger partial charge on any atom is 0.336 e. The number of halogens is 1. The zero-order chi connectivity index (χ0) is 19.0. The molecular weight excluding hydrogens is 343 g/mol. The molecule has 0 fully saturated rings. The number of aromatic nitrogens is 1. The zero-order valence-corrected chi connectivity index (χ0v) is 14.9. The predicted octanol–water partition coefficient (Wildman–Crippen LogP) is 4.45. The van der Waals surface area contributed by atoms with Crippen molar-refractivity contribution in [3.8, 4) is 0 Å². The highest BCUT2D eigenvalue weighted by molar-refractivity contribution is 6.06. The van der Waals surface area contributed by atoms with Gasteiger partial charge in [-0.15, -0.1) is 0 Å². The van der Waals surface area contributed by atoms with Crippen molar-refractivity contribution >= 4 is 28.5 Å². The number of rotatable bonds is 3. The molecule has 2 aromatic carbocycles. The molecule has 1 aliphatic heterocycles. The number of para-hydroxylation sites is 1. The van der Waals surface area contributed by atoms with Gasteiger partial charge in [0.2, 0.25) is 0 Å². The van der Waals surface area contributed by atoms with Crippen molar-refractivity contribution in [1.82, 2.24) is 9.88 Å². The summed E-state index contributed by atoms with van der Waals surface area (Å²) in [6.07, 6.45) is 1.78. The van der Waals surface area contributed by atoms with E-state index in [0.29, 0.717) is 40.8 Å². The van der Waals surface area contributed by atoms with Crippen molar-refractivity contribution in [2.75, 3.05) is 13.1 Å². The van der Waals surface area contributed by atoms with Crippen LogP contribution in [0, 0.1) is 5.82 Å². The van der Waals surface area contributed by atoms with Crippen molar-refractivity contribution in [2.24, 2.45) is 0 Å². The van der Waals surface area contributed by atoms with E-state index < -0.39 is 5.97 Å². The molecule has 5 heteroatoms. The van der Waals surface area contributed by atoms with Gasteiger partial charge in [0.1, 0.15) is 5.82 Å². The Hall–Kier alpha value is -3.05. The van der Waals surface area contributed by atoms with Crippen molar-refractivity contribution in [3.63, 3.8) is 0 Å². The second-order valence-electron chi connectivity index (χ2n) is 6.63. The summed E-state index contributed by atoms with van der Waals surface area (Å²) in [5, 5.41) is 10.5. The van der Waals surface area contributed by atoms with Crippen LogP contribution in [0.25, 0.3) is 22.6 Å². The molecule has 27 heavy (non-hydrogen) atoms. The van der Waals surface area contributed by atoms with Gasteiger partial charge in [-0.1, -0.05) is 43.3 Å². The number of likely N-dealkylation sites (N-methyl/N-ethyl adjacent to an activating group) is 1. The maximum atomic E-state index is 14.2. The molecule has 0 atom stereocenters. The van der Waals surface area contributed by atoms with Gasteiger partial charge in [-0.25, -0.2) is 14.2 Å². The molecule has 0 unspecified atom stereocenters. The van der Waals surface area contributed by atoms with Crippen LogP contribution in [0.15, 0.2) is 48.5 Å². The van der Waals surface area contributed by atoms with Crippen molar-refractivity contribution < 1.29 is 14.3 Å². The Morgan fingerprint density at radius 2 is 1.93 bits per heavy atom. The van der Waals surface area contributed by atoms with E-state index >= 15 is 0 Å². The van der Waals surface area contributed by atoms with E-state index in [4.69, 9.17) is 4.98 Å². The van der Waals surface area contributed by atoms with Gasteiger partial charge in [0.25, 0.3) is 0 Å². The van der Waals surface area contributed by atoms with E-state index in [1.807, 2.05) is 25.1 Å². The second kappa shape index (κ2) is 6.93. The lowest BCUT2D eigenvalue weighted by Crippen LogP contribution is -2.31. The Bertz CT molecular complexity index is 1080. The summed E-state index contributed by atoms with van der Waals surface area (Å²) < 4.78 is 14.2. The Balaban J connectivity index is 2.01. The third-order valence-electron chi connectivity index (χ3n) is 4.97. The number of hydrogen-bond donors (Lipinski definition) is 1. The molecule has 3 aromatic rings. The number of aromatic carboxylic acids is 1. The van der Waals surface area contributed by atoms with Gasteiger partial charge in [0.15, 0.2) is 0 Å². The van der Waals surface area contributed by atoms with Crippen molar-refractivity contribution in [2.45, 2.75) is 13.5 Å². The van der Waals surface area contributed by atoms with Gasteiger partial charge in [-0.3, -0.25) is 4.90 Å². The lowest BCUT2D eigenvalue weighted by molar-refractivity contribution is 0.0696. The first-order valence-electron chi connectivity index (χ1n) is 8.91. The van der Waals surface area contributed by atoms with Gasteiger partial charge >= 0.3 is 5.97 Å². The van der Waals surface area contributed by atoms with E-state index in [1.54, 1.807) is 30.3 Å². The highest BCUT2D eigenvalue weighted by Gasteiger charge is 2.28. The van der Waals surface area contributed by atoms with Crippen LogP contribution in [0.1, 0.15) is 34.1 Å². The molecule has 0 radical (unpaired) electrons. The Kier molecular flexibility index (Phi) is 4.46. The molecule has 0 bridgehead atoms. The molecular formula is C22H19FN2O2. The lowest BCUT2D eigenvalue weighted by atomic mass is 9.92. The maximum absolute atomic E-state index is 14.2. The minimum Gasteiger partial charge on any atom is -0.478 e. The summed E-state index contributed by atoms with van der Waals surface area (Å²) in [4.78, 5) is 19.0. The zero-order valence-electron chi connectivity index (χ0n) is 14.9. The number of nitrogens with zero attached hydrogens (tertiary/aromatic N) is 2. The van der Waals surface area contributed by atoms with E-state index in [1.165, 1.54) is 6.07 Å². The molecule has 0 amide bonds. The van der Waals surface area contributed by atoms with E-state index in [9.17, 15) is 14.3 Å². The SMILES string of the molecule is CCN1CC(=Cc2ccccc2F)c2nc3ccccc3c(C(=O)O)c2C1. The van der Waals surface area contributed by atoms with Gasteiger partial charge in [-0.2, -0.15) is 0 Å². The fraction of sp³-hybridized carbons (Fsp3) is 0.182. The smallest absolute Gasteiger partial charge is 0.336 e. The Morgan fingerprint density at radius 3 is 2.67 bits per heavy atom. The first-order valence-corrected chi connectivity index (χ1v) is 8.91. The predicted molar refractivity (Wildman–Crippen MR) is 104 cm³/mol. The fourth-order valence-electron chi connectivity index (χ4n) is 3.63. The van der Waals surface area contributed by atoms with Crippen LogP contribution in [-0.2, 0) is 6.54 Å². The van der Waals surface area contributed by atoms with Crippen LogP contribution in [0.5, 0.6) is 0 Å². The van der Waals surface area contributed by atoms with E-state index in [2.05, 4.69) is 4.90 Å². The first kappa shape index (κ1) is 17.4. The van der Waals surface area contributed by atoms with E-state index in [-0.39, 0.29) is 11.4 Å². The van der Waals surface area contributed by atoms with Crippen LogP contribution in [0.2, 0.25) is 0 Å². The molecule has 0 aliphatic carbocycles. The molecule has 4 rings (SSSR count). The highest BCUT2D eigenvalue weighted by atomic mass is 19.1. The summed E-state index contributed by atoms with van der Waals surface area (Å²) in [7, 11) is 0. The molecule has 0 spiro atoms. The van der Waals surface area contributed by atoms with Gasteiger partial charge in [0.05, 0.1) is 16.8 Å². The van der Waals surface area contributed by atoms with Crippen LogP contribution in [0.3, 0.4) is 0 Å².